The van der Waals surface area contributed by atoms with E-state index in [0.29, 0.717) is 6.54 Å². The molecule has 0 heterocycles. The fraction of sp³-hybridized carbons (Fsp3) is 0.467. The van der Waals surface area contributed by atoms with E-state index < -0.39 is 17.7 Å². The van der Waals surface area contributed by atoms with Gasteiger partial charge in [0, 0.05) is 7.05 Å². The van der Waals surface area contributed by atoms with E-state index in [9.17, 15) is 9.59 Å². The van der Waals surface area contributed by atoms with Crippen molar-refractivity contribution in [2.24, 2.45) is 0 Å². The van der Waals surface area contributed by atoms with Gasteiger partial charge < -0.3 is 19.5 Å². The van der Waals surface area contributed by atoms with Crippen LogP contribution in [0.15, 0.2) is 24.3 Å². The van der Waals surface area contributed by atoms with Gasteiger partial charge in [0.1, 0.15) is 23.5 Å². The van der Waals surface area contributed by atoms with E-state index in [4.69, 9.17) is 14.6 Å². The molecule has 1 aromatic carbocycles. The molecular weight excluding hydrogens is 274 g/mol. The number of carbonyl (C=O) groups excluding carboxylic acids is 1. The van der Waals surface area contributed by atoms with E-state index in [1.165, 1.54) is 11.0 Å². The Labute approximate surface area is 124 Å². The van der Waals surface area contributed by atoms with Crippen molar-refractivity contribution in [1.82, 2.24) is 4.90 Å². The number of carbonyl (C=O) groups is 2. The third kappa shape index (κ3) is 5.72. The van der Waals surface area contributed by atoms with Crippen LogP contribution in [0.1, 0.15) is 31.1 Å². The van der Waals surface area contributed by atoms with Crippen LogP contribution in [-0.4, -0.2) is 47.9 Å². The number of carboxylic acid groups (broad SMARTS) is 1. The SMILES string of the molecule is CN(CCOc1ccccc1C(=O)O)C(=O)OC(C)(C)C. The molecule has 0 aromatic heterocycles. The average Bonchev–Trinajstić information content (AvgIpc) is 2.36. The molecule has 1 amide bonds. The third-order valence-corrected chi connectivity index (χ3v) is 2.51. The minimum absolute atomic E-state index is 0.0948. The van der Waals surface area contributed by atoms with Crippen molar-refractivity contribution >= 4 is 12.1 Å². The molecule has 6 heteroatoms. The molecule has 0 saturated carbocycles. The van der Waals surface area contributed by atoms with Crippen molar-refractivity contribution in [3.05, 3.63) is 29.8 Å². The van der Waals surface area contributed by atoms with Crippen molar-refractivity contribution in [3.63, 3.8) is 0 Å². The van der Waals surface area contributed by atoms with Crippen LogP contribution in [-0.2, 0) is 4.74 Å². The second-order valence-corrected chi connectivity index (χ2v) is 5.55. The van der Waals surface area contributed by atoms with Gasteiger partial charge in [0.15, 0.2) is 0 Å². The molecular formula is C15H21NO5. The summed E-state index contributed by atoms with van der Waals surface area (Å²) in [7, 11) is 1.60. The molecule has 116 valence electrons. The lowest BCUT2D eigenvalue weighted by Gasteiger charge is -2.24. The average molecular weight is 295 g/mol. The predicted molar refractivity (Wildman–Crippen MR) is 77.8 cm³/mol. The molecule has 1 aromatic rings. The van der Waals surface area contributed by atoms with Gasteiger partial charge in [0.2, 0.25) is 0 Å². The summed E-state index contributed by atoms with van der Waals surface area (Å²) >= 11 is 0. The monoisotopic (exact) mass is 295 g/mol. The van der Waals surface area contributed by atoms with E-state index in [0.717, 1.165) is 0 Å². The van der Waals surface area contributed by atoms with Crippen LogP contribution in [0.2, 0.25) is 0 Å². The van der Waals surface area contributed by atoms with Gasteiger partial charge >= 0.3 is 12.1 Å². The first-order chi connectivity index (χ1) is 9.70. The lowest BCUT2D eigenvalue weighted by Crippen LogP contribution is -2.36. The first-order valence-corrected chi connectivity index (χ1v) is 6.60. The van der Waals surface area contributed by atoms with Crippen molar-refractivity contribution in [3.8, 4) is 5.75 Å². The molecule has 0 aliphatic heterocycles. The number of likely N-dealkylation sites (N-methyl/N-ethyl adjacent to an activating group) is 1. The van der Waals surface area contributed by atoms with Gasteiger partial charge in [-0.15, -0.1) is 0 Å². The minimum Gasteiger partial charge on any atom is -0.491 e. The van der Waals surface area contributed by atoms with Gasteiger partial charge in [-0.1, -0.05) is 12.1 Å². The number of ether oxygens (including phenoxy) is 2. The van der Waals surface area contributed by atoms with Gasteiger partial charge in [-0.3, -0.25) is 0 Å². The molecule has 6 nitrogen and oxygen atoms in total. The summed E-state index contributed by atoms with van der Waals surface area (Å²) in [4.78, 5) is 24.1. The fourth-order valence-electron chi connectivity index (χ4n) is 1.49. The largest absolute Gasteiger partial charge is 0.491 e. The molecule has 0 unspecified atom stereocenters. The molecule has 1 N–H and O–H groups in total. The predicted octanol–water partition coefficient (Wildman–Crippen LogP) is 2.63. The van der Waals surface area contributed by atoms with Crippen LogP contribution in [0.4, 0.5) is 4.79 Å². The van der Waals surface area contributed by atoms with E-state index >= 15 is 0 Å². The zero-order valence-corrected chi connectivity index (χ0v) is 12.8. The first-order valence-electron chi connectivity index (χ1n) is 6.60. The summed E-state index contributed by atoms with van der Waals surface area (Å²) in [5.41, 5.74) is -0.459. The van der Waals surface area contributed by atoms with Crippen molar-refractivity contribution < 1.29 is 24.2 Å². The number of rotatable bonds is 5. The fourth-order valence-corrected chi connectivity index (χ4v) is 1.49. The van der Waals surface area contributed by atoms with Crippen molar-refractivity contribution in [1.29, 1.82) is 0 Å². The normalized spacial score (nSPS) is 10.9. The minimum atomic E-state index is -1.05. The highest BCUT2D eigenvalue weighted by Gasteiger charge is 2.19. The van der Waals surface area contributed by atoms with Gasteiger partial charge in [-0.2, -0.15) is 0 Å². The molecule has 0 fully saturated rings. The summed E-state index contributed by atoms with van der Waals surface area (Å²) in [6.07, 6.45) is -0.447. The summed E-state index contributed by atoms with van der Waals surface area (Å²) in [6.45, 7) is 5.85. The second-order valence-electron chi connectivity index (χ2n) is 5.55. The van der Waals surface area contributed by atoms with Crippen LogP contribution >= 0.6 is 0 Å². The van der Waals surface area contributed by atoms with Crippen LogP contribution in [0, 0.1) is 0 Å². The lowest BCUT2D eigenvalue weighted by molar-refractivity contribution is 0.0277. The van der Waals surface area contributed by atoms with Gasteiger partial charge in [0.05, 0.1) is 6.54 Å². The van der Waals surface area contributed by atoms with Crippen molar-refractivity contribution in [2.75, 3.05) is 20.2 Å². The number of carboxylic acids is 1. The zero-order valence-electron chi connectivity index (χ0n) is 12.8. The zero-order chi connectivity index (χ0) is 16.0. The van der Waals surface area contributed by atoms with Crippen LogP contribution in [0.3, 0.4) is 0 Å². The molecule has 1 rings (SSSR count). The van der Waals surface area contributed by atoms with E-state index in [1.807, 2.05) is 0 Å². The van der Waals surface area contributed by atoms with Gasteiger partial charge in [-0.05, 0) is 32.9 Å². The smallest absolute Gasteiger partial charge is 0.410 e. The maximum atomic E-state index is 11.7. The molecule has 0 radical (unpaired) electrons. The maximum absolute atomic E-state index is 11.7. The Morgan fingerprint density at radius 1 is 1.24 bits per heavy atom. The Bertz CT molecular complexity index is 507. The molecule has 0 saturated heterocycles. The van der Waals surface area contributed by atoms with E-state index in [-0.39, 0.29) is 17.9 Å². The molecule has 0 aliphatic carbocycles. The van der Waals surface area contributed by atoms with E-state index in [1.54, 1.807) is 46.0 Å². The Hall–Kier alpha value is -2.24. The topological polar surface area (TPSA) is 76.1 Å². The van der Waals surface area contributed by atoms with Crippen molar-refractivity contribution in [2.45, 2.75) is 26.4 Å². The highest BCUT2D eigenvalue weighted by molar-refractivity contribution is 5.90. The number of benzene rings is 1. The molecule has 0 atom stereocenters. The number of para-hydroxylation sites is 1. The lowest BCUT2D eigenvalue weighted by atomic mass is 10.2. The summed E-state index contributed by atoms with van der Waals surface area (Å²) in [5, 5.41) is 9.03. The number of nitrogens with zero attached hydrogens (tertiary/aromatic N) is 1. The summed E-state index contributed by atoms with van der Waals surface area (Å²) < 4.78 is 10.6. The number of aromatic carboxylic acids is 1. The highest BCUT2D eigenvalue weighted by atomic mass is 16.6. The third-order valence-electron chi connectivity index (χ3n) is 2.51. The summed E-state index contributed by atoms with van der Waals surface area (Å²) in [6, 6.07) is 6.37. The molecule has 21 heavy (non-hydrogen) atoms. The maximum Gasteiger partial charge on any atom is 0.410 e. The Balaban J connectivity index is 2.50. The Kier molecular flexibility index (Phi) is 5.58. The number of hydrogen-bond acceptors (Lipinski definition) is 4. The van der Waals surface area contributed by atoms with Gasteiger partial charge in [-0.25, -0.2) is 9.59 Å². The quantitative estimate of drug-likeness (QED) is 0.903. The highest BCUT2D eigenvalue weighted by Crippen LogP contribution is 2.17. The van der Waals surface area contributed by atoms with Crippen LogP contribution < -0.4 is 4.74 Å². The Morgan fingerprint density at radius 3 is 2.43 bits per heavy atom. The van der Waals surface area contributed by atoms with Gasteiger partial charge in [0.25, 0.3) is 0 Å². The molecule has 0 spiro atoms. The van der Waals surface area contributed by atoms with Crippen LogP contribution in [0.25, 0.3) is 0 Å². The second kappa shape index (κ2) is 6.97. The van der Waals surface area contributed by atoms with Crippen LogP contribution in [0.5, 0.6) is 5.75 Å². The molecule has 0 aliphatic rings. The summed E-state index contributed by atoms with van der Waals surface area (Å²) in [5.74, 6) is -0.770. The first kappa shape index (κ1) is 16.8. The number of amides is 1. The van der Waals surface area contributed by atoms with E-state index in [2.05, 4.69) is 0 Å². The molecule has 0 bridgehead atoms. The Morgan fingerprint density at radius 2 is 1.86 bits per heavy atom. The standard InChI is InChI=1S/C15H21NO5/c1-15(2,3)21-14(19)16(4)9-10-20-12-8-6-5-7-11(12)13(17)18/h5-8H,9-10H2,1-4H3,(H,17,18). The number of hydrogen-bond donors (Lipinski definition) is 1.